The Morgan fingerprint density at radius 2 is 0.706 bits per heavy atom. The molecule has 0 unspecified atom stereocenters. The molecule has 0 saturated heterocycles. The minimum Gasteiger partial charge on any atom is -0.505 e. The highest BCUT2D eigenvalue weighted by molar-refractivity contribution is 8.20. The number of nitrogen functional groups attached to an aromatic ring is 2. The highest BCUT2D eigenvalue weighted by Gasteiger charge is 2.33. The van der Waals surface area contributed by atoms with Crippen molar-refractivity contribution in [3.05, 3.63) is 48.5 Å². The number of hydrogen-bond acceptors (Lipinski definition) is 27. The molecule has 6 aromatic rings. The average Bonchev–Trinajstić information content (AvgIpc) is 3.18. The topological polar surface area (TPSA) is 537 Å². The smallest absolute Gasteiger partial charge is 0.296 e. The summed E-state index contributed by atoms with van der Waals surface area (Å²) in [7, 11) is -28.8. The predicted octanol–water partition coefficient (Wildman–Crippen LogP) is 9.47. The summed E-state index contributed by atoms with van der Waals surface area (Å²) in [5, 5.41) is 47.4. The van der Waals surface area contributed by atoms with Crippen LogP contribution in [0.3, 0.4) is 0 Å². The first-order chi connectivity index (χ1) is 31.1. The van der Waals surface area contributed by atoms with E-state index >= 15 is 0 Å². The Balaban J connectivity index is 1.63. The van der Waals surface area contributed by atoms with E-state index < -0.39 is 182 Å². The molecule has 0 fully saturated rings. The molecule has 68 heavy (non-hydrogen) atoms. The molecule has 36 heteroatoms. The van der Waals surface area contributed by atoms with Crippen molar-refractivity contribution in [2.24, 2.45) is 40.9 Å². The number of hydrogen-bond donors (Lipinski definition) is 16. The molecule has 0 spiro atoms. The molecule has 0 heterocycles. The lowest BCUT2D eigenvalue weighted by Gasteiger charge is -2.23. The van der Waals surface area contributed by atoms with Gasteiger partial charge >= 0.3 is 0 Å². The van der Waals surface area contributed by atoms with Crippen LogP contribution in [0.4, 0.5) is 45.5 Å². The molecule has 0 aliphatic rings. The Morgan fingerprint density at radius 1 is 0.382 bits per heavy atom. The molecule has 18 N–H and O–H groups in total. The molecule has 0 aliphatic carbocycles. The Bertz CT molecular complexity index is 3630. The Labute approximate surface area is 384 Å². The molecule has 0 atom stereocenters. The maximum Gasteiger partial charge on any atom is 0.296 e. The molecule has 0 aliphatic heterocycles. The first-order valence-electron chi connectivity index (χ1n) is 17.3. The second kappa shape index (κ2) is 17.6. The number of fused-ring (bicyclic) bond motifs is 3. The molecular weight excluding hydrogens is 1040 g/mol. The van der Waals surface area contributed by atoms with Crippen molar-refractivity contribution in [2.45, 2.75) is 29.4 Å². The summed E-state index contributed by atoms with van der Waals surface area (Å²) in [5.41, 5.74) is 6.53. The third kappa shape index (κ3) is 9.84. The Kier molecular flexibility index (Phi) is 13.3. The van der Waals surface area contributed by atoms with E-state index in [2.05, 4.69) is 40.9 Å². The second-order valence-electron chi connectivity index (χ2n) is 13.6. The highest BCUT2D eigenvalue weighted by Crippen LogP contribution is 2.58. The monoisotopic (exact) mass is 1070 g/mol. The van der Waals surface area contributed by atoms with Gasteiger partial charge in [-0.1, -0.05) is 0 Å². The average molecular weight is 1070 g/mol. The van der Waals surface area contributed by atoms with Gasteiger partial charge in [0.25, 0.3) is 30.4 Å². The minimum atomic E-state index is -5.50. The molecule has 366 valence electrons. The largest absolute Gasteiger partial charge is 0.505 e. The number of aromatic hydroxyl groups is 2. The van der Waals surface area contributed by atoms with E-state index in [4.69, 9.17) is 11.5 Å². The van der Waals surface area contributed by atoms with Gasteiger partial charge in [-0.3, -0.25) is 13.7 Å². The van der Waals surface area contributed by atoms with Gasteiger partial charge in [-0.05, 0) is 48.5 Å². The van der Waals surface area contributed by atoms with Gasteiger partial charge in [0.15, 0.2) is 11.5 Å². The number of phenols is 2. The molecule has 0 saturated carbocycles. The van der Waals surface area contributed by atoms with Gasteiger partial charge in [0.1, 0.15) is 70.0 Å². The summed E-state index contributed by atoms with van der Waals surface area (Å²) < 4.78 is 199. The third-order valence-electron chi connectivity index (χ3n) is 9.26. The van der Waals surface area contributed by atoms with Gasteiger partial charge in [-0.25, -0.2) is 0 Å². The fourth-order valence-electron chi connectivity index (χ4n) is 6.58. The number of azo groups is 4. The maximum atomic E-state index is 12.9. The fraction of sp³-hybridized carbons (Fsp3) is 0.0625. The number of rotatable bonds is 12. The van der Waals surface area contributed by atoms with Gasteiger partial charge in [-0.15, -0.1) is 10.2 Å². The Hall–Kier alpha value is -5.88. The lowest BCUT2D eigenvalue weighted by molar-refractivity contribution is 0.374. The highest BCUT2D eigenvalue weighted by atomic mass is 32.3. The van der Waals surface area contributed by atoms with Crippen LogP contribution in [0.2, 0.25) is 0 Å². The summed E-state index contributed by atoms with van der Waals surface area (Å²) in [5.74, 6) is -2.53. The van der Waals surface area contributed by atoms with E-state index in [0.717, 1.165) is 32.3 Å². The summed E-state index contributed by atoms with van der Waals surface area (Å²) in [6, 6.07) is 5.12. The van der Waals surface area contributed by atoms with Gasteiger partial charge in [0.05, 0.1) is 48.2 Å². The van der Waals surface area contributed by atoms with E-state index in [9.17, 15) is 90.1 Å². The van der Waals surface area contributed by atoms with Crippen LogP contribution in [0.1, 0.15) is 0 Å². The molecule has 30 nitrogen and oxygen atoms in total. The van der Waals surface area contributed by atoms with Crippen LogP contribution in [0.5, 0.6) is 11.5 Å². The van der Waals surface area contributed by atoms with Crippen LogP contribution < -0.4 is 11.5 Å². The number of benzene rings is 6. The lowest BCUT2D eigenvalue weighted by atomic mass is 10.0. The van der Waals surface area contributed by atoms with E-state index in [1.807, 2.05) is 0 Å². The summed E-state index contributed by atoms with van der Waals surface area (Å²) in [6.45, 7) is 0. The molecule has 6 aromatic carbocycles. The van der Waals surface area contributed by atoms with Crippen LogP contribution in [-0.4, -0.2) is 104 Å². The van der Waals surface area contributed by atoms with Crippen LogP contribution in [0.15, 0.2) is 119 Å². The first-order valence-corrected chi connectivity index (χ1v) is 26.2. The van der Waals surface area contributed by atoms with E-state index in [0.29, 0.717) is 30.3 Å². The zero-order chi connectivity index (χ0) is 51.0. The number of nitrogens with zero attached hydrogens (tertiary/aromatic N) is 8. The molecule has 0 bridgehead atoms. The van der Waals surface area contributed by atoms with Gasteiger partial charge in [0.2, 0.25) is 0 Å². The molecule has 6 rings (SSSR count). The minimum absolute atomic E-state index is 0.405. The first kappa shape index (κ1) is 51.5. The summed E-state index contributed by atoms with van der Waals surface area (Å²) in [6.07, 6.45) is 0. The van der Waals surface area contributed by atoms with Crippen molar-refractivity contribution >= 4 is 141 Å². The predicted molar refractivity (Wildman–Crippen MR) is 244 cm³/mol. The van der Waals surface area contributed by atoms with Gasteiger partial charge in [0, 0.05) is 35.6 Å². The van der Waals surface area contributed by atoms with E-state index in [1.54, 1.807) is 0 Å². The van der Waals surface area contributed by atoms with E-state index in [1.165, 1.54) is 0 Å². The standard InChI is InChI=1S/C32H32N10O20S6/c1-35-39-17-9-21(65(51,52)53)15-7-23(67(57,58)59)29(31(43)25(15)27(17)33)41-37-11-3-13-14(19(5-11)63(45,46)47)4-12(6-20(13)64(48,49)50)38-42-30-24(68(60,61)62)8-16-22(66(54,55)56)10-18(40-36-2)28(34)26(16)32(30)44/h3-10,43-47,51-53,60-62H,33-34H2,1-2H3,(H,48,49,50)(H,54,55,56)(H,57,58,59). The summed E-state index contributed by atoms with van der Waals surface area (Å²) >= 11 is 0. The maximum absolute atomic E-state index is 12.9. The van der Waals surface area contributed by atoms with Gasteiger partial charge in [-0.2, -0.15) is 55.9 Å². The SMILES string of the molecule is CN=Nc1cc(S(O)(O)O)c2cc(S(=O)(=O)O)c(N=Nc3cc(S(O)(O)O)c4cc(N=Nc5c(S(O)(O)O)cc6c(S(=O)(=O)O)cc(N=NC)c(N)c6c5O)cc(S(=O)(=O)O)c4c3)c(O)c2c1N. The normalized spacial score (nSPS) is 14.5. The van der Waals surface area contributed by atoms with Crippen molar-refractivity contribution in [1.29, 1.82) is 0 Å². The Morgan fingerprint density at radius 3 is 1.10 bits per heavy atom. The van der Waals surface area contributed by atoms with Gasteiger partial charge < -0.3 is 62.7 Å². The molecular formula is C32H32N10O20S6. The van der Waals surface area contributed by atoms with Crippen LogP contribution in [0.25, 0.3) is 32.3 Å². The number of anilines is 2. The summed E-state index contributed by atoms with van der Waals surface area (Å²) in [4.78, 5) is -6.61. The number of phenolic OH excluding ortho intramolecular Hbond substituents is 2. The molecule has 0 radical (unpaired) electrons. The second-order valence-corrected chi connectivity index (χ2v) is 22.2. The lowest BCUT2D eigenvalue weighted by Crippen LogP contribution is -2.03. The van der Waals surface area contributed by atoms with Crippen LogP contribution >= 0.6 is 32.6 Å². The zero-order valence-corrected chi connectivity index (χ0v) is 38.4. The van der Waals surface area contributed by atoms with Crippen LogP contribution in [-0.2, 0) is 30.4 Å². The van der Waals surface area contributed by atoms with Crippen molar-refractivity contribution < 1.29 is 90.1 Å². The van der Waals surface area contributed by atoms with E-state index in [-0.39, 0.29) is 0 Å². The van der Waals surface area contributed by atoms with Crippen molar-refractivity contribution in [2.75, 3.05) is 25.6 Å². The van der Waals surface area contributed by atoms with Crippen molar-refractivity contribution in [1.82, 2.24) is 0 Å². The fourth-order valence-corrected chi connectivity index (χ4v) is 10.8. The van der Waals surface area contributed by atoms with Crippen molar-refractivity contribution in [3.63, 3.8) is 0 Å². The van der Waals surface area contributed by atoms with Crippen LogP contribution in [0, 0.1) is 0 Å². The van der Waals surface area contributed by atoms with Crippen molar-refractivity contribution in [3.8, 4) is 11.5 Å². The molecule has 0 aromatic heterocycles. The molecule has 0 amide bonds. The zero-order valence-electron chi connectivity index (χ0n) is 33.5. The number of nitrogens with two attached hydrogens (primary N) is 2. The quantitative estimate of drug-likeness (QED) is 0.0308. The third-order valence-corrected chi connectivity index (χ3v) is 14.7.